The van der Waals surface area contributed by atoms with Gasteiger partial charge in [-0.15, -0.1) is 22.6 Å². The van der Waals surface area contributed by atoms with Gasteiger partial charge < -0.3 is 20.8 Å². The summed E-state index contributed by atoms with van der Waals surface area (Å²) in [7, 11) is 0. The Hall–Kier alpha value is -2.10. The lowest BCUT2D eigenvalue weighted by molar-refractivity contribution is -0.137. The Kier molecular flexibility index (Phi) is 6.50. The molecule has 2 aromatic rings. The van der Waals surface area contributed by atoms with Crippen LogP contribution >= 0.6 is 12.4 Å². The van der Waals surface area contributed by atoms with E-state index >= 15 is 0 Å². The van der Waals surface area contributed by atoms with Gasteiger partial charge in [-0.05, 0) is 49.7 Å². The van der Waals surface area contributed by atoms with Gasteiger partial charge >= 0.3 is 6.18 Å². The molecule has 1 aliphatic heterocycles. The summed E-state index contributed by atoms with van der Waals surface area (Å²) in [5.41, 5.74) is 0.176. The first-order chi connectivity index (χ1) is 12.3. The van der Waals surface area contributed by atoms with Gasteiger partial charge in [-0.2, -0.15) is 13.2 Å². The highest BCUT2D eigenvalue weighted by molar-refractivity contribution is 5.85. The van der Waals surface area contributed by atoms with Gasteiger partial charge in [0.05, 0.1) is 23.4 Å². The molecule has 0 radical (unpaired) electrons. The number of nitrogens with zero attached hydrogens (tertiary/aromatic N) is 2. The summed E-state index contributed by atoms with van der Waals surface area (Å²) >= 11 is 0. The summed E-state index contributed by atoms with van der Waals surface area (Å²) in [6.07, 6.45) is -4.40. The zero-order valence-electron chi connectivity index (χ0n) is 14.4. The van der Waals surface area contributed by atoms with Crippen LogP contribution in [0.15, 0.2) is 24.3 Å². The molecule has 10 heteroatoms. The number of aryl methyl sites for hydroxylation is 1. The van der Waals surface area contributed by atoms with Crippen LogP contribution in [0.2, 0.25) is 0 Å². The first-order valence-electron chi connectivity index (χ1n) is 8.16. The molecule has 0 spiro atoms. The van der Waals surface area contributed by atoms with E-state index in [0.29, 0.717) is 36.1 Å². The van der Waals surface area contributed by atoms with Crippen LogP contribution in [0.25, 0.3) is 11.3 Å². The van der Waals surface area contributed by atoms with Gasteiger partial charge in [0.2, 0.25) is 0 Å². The van der Waals surface area contributed by atoms with Crippen LogP contribution in [-0.4, -0.2) is 45.6 Å². The van der Waals surface area contributed by atoms with Crippen molar-refractivity contribution in [2.24, 2.45) is 0 Å². The molecule has 1 aromatic carbocycles. The summed E-state index contributed by atoms with van der Waals surface area (Å²) in [6, 6.07) is 4.22. The molecule has 0 aliphatic carbocycles. The SMILES string of the molecule is Cc1cc(N[C@H]2CNCC[C@@H]2O)nnc1-c1ccc(C(F)(F)F)cc1O.Cl. The molecule has 6 nitrogen and oxygen atoms in total. The molecule has 27 heavy (non-hydrogen) atoms. The van der Waals surface area contributed by atoms with Gasteiger partial charge in [-0.1, -0.05) is 0 Å². The molecule has 2 atom stereocenters. The summed E-state index contributed by atoms with van der Waals surface area (Å²) in [4.78, 5) is 0. The molecule has 0 bridgehead atoms. The van der Waals surface area contributed by atoms with Gasteiger partial charge in [0, 0.05) is 12.1 Å². The van der Waals surface area contributed by atoms with Crippen LogP contribution in [0.3, 0.4) is 0 Å². The number of aromatic hydroxyl groups is 1. The van der Waals surface area contributed by atoms with Crippen LogP contribution in [0.4, 0.5) is 19.0 Å². The number of alkyl halides is 3. The number of aliphatic hydroxyl groups is 1. The molecule has 2 heterocycles. The first kappa shape index (κ1) is 21.2. The normalized spacial score (nSPS) is 20.0. The fraction of sp³-hybridized carbons (Fsp3) is 0.412. The standard InChI is InChI=1S/C17H19F3N4O2.ClH/c1-9-6-15(22-12-8-21-5-4-13(12)25)23-24-16(9)11-3-2-10(7-14(11)26)17(18,19)20;/h2-3,6-7,12-13,21,25-26H,4-5,8H2,1H3,(H,22,23);1H/t12-,13-;/m0./s1. The van der Waals surface area contributed by atoms with E-state index < -0.39 is 23.6 Å². The molecule has 0 unspecified atom stereocenters. The highest BCUT2D eigenvalue weighted by Gasteiger charge is 2.31. The van der Waals surface area contributed by atoms with Crippen molar-refractivity contribution in [3.8, 4) is 17.0 Å². The first-order valence-corrected chi connectivity index (χ1v) is 8.16. The zero-order valence-corrected chi connectivity index (χ0v) is 15.2. The van der Waals surface area contributed by atoms with E-state index in [1.807, 2.05) is 0 Å². The van der Waals surface area contributed by atoms with Crippen LogP contribution < -0.4 is 10.6 Å². The molecule has 1 saturated heterocycles. The van der Waals surface area contributed by atoms with E-state index in [1.54, 1.807) is 13.0 Å². The summed E-state index contributed by atoms with van der Waals surface area (Å²) < 4.78 is 38.1. The van der Waals surface area contributed by atoms with E-state index in [0.717, 1.165) is 12.6 Å². The number of phenols is 1. The van der Waals surface area contributed by atoms with Gasteiger partial charge in [0.25, 0.3) is 0 Å². The highest BCUT2D eigenvalue weighted by atomic mass is 35.5. The fourth-order valence-electron chi connectivity index (χ4n) is 2.91. The van der Waals surface area contributed by atoms with Crippen LogP contribution in [-0.2, 0) is 6.18 Å². The third-order valence-corrected chi connectivity index (χ3v) is 4.34. The fourth-order valence-corrected chi connectivity index (χ4v) is 2.91. The molecule has 148 valence electrons. The van der Waals surface area contributed by atoms with Crippen molar-refractivity contribution >= 4 is 18.2 Å². The maximum atomic E-state index is 12.7. The molecule has 4 N–H and O–H groups in total. The summed E-state index contributed by atoms with van der Waals surface area (Å²) in [5, 5.41) is 34.3. The Bertz CT molecular complexity index is 804. The lowest BCUT2D eigenvalue weighted by atomic mass is 10.0. The number of halogens is 4. The quantitative estimate of drug-likeness (QED) is 0.629. The number of aromatic nitrogens is 2. The minimum absolute atomic E-state index is 0. The van der Waals surface area contributed by atoms with E-state index in [-0.39, 0.29) is 24.0 Å². The average Bonchev–Trinajstić information content (AvgIpc) is 2.57. The number of anilines is 1. The van der Waals surface area contributed by atoms with Gasteiger partial charge in [0.15, 0.2) is 0 Å². The molecular weight excluding hydrogens is 385 g/mol. The minimum atomic E-state index is -4.53. The summed E-state index contributed by atoms with van der Waals surface area (Å²) in [6.45, 7) is 3.06. The van der Waals surface area contributed by atoms with Crippen LogP contribution in [0, 0.1) is 6.92 Å². The Morgan fingerprint density at radius 2 is 1.96 bits per heavy atom. The Balaban J connectivity index is 0.00000261. The van der Waals surface area contributed by atoms with E-state index in [9.17, 15) is 23.4 Å². The molecule has 1 fully saturated rings. The minimum Gasteiger partial charge on any atom is -0.507 e. The van der Waals surface area contributed by atoms with Crippen LogP contribution in [0.5, 0.6) is 5.75 Å². The van der Waals surface area contributed by atoms with Crippen molar-refractivity contribution < 1.29 is 23.4 Å². The number of benzene rings is 1. The predicted molar refractivity (Wildman–Crippen MR) is 97.0 cm³/mol. The lowest BCUT2D eigenvalue weighted by Crippen LogP contribution is -2.48. The van der Waals surface area contributed by atoms with Crippen molar-refractivity contribution in [3.63, 3.8) is 0 Å². The maximum Gasteiger partial charge on any atom is 0.416 e. The number of hydrogen-bond donors (Lipinski definition) is 4. The zero-order chi connectivity index (χ0) is 18.9. The van der Waals surface area contributed by atoms with Gasteiger partial charge in [0.1, 0.15) is 11.6 Å². The third-order valence-electron chi connectivity index (χ3n) is 4.34. The smallest absolute Gasteiger partial charge is 0.416 e. The van der Waals surface area contributed by atoms with Crippen molar-refractivity contribution in [3.05, 3.63) is 35.4 Å². The monoisotopic (exact) mass is 404 g/mol. The molecule has 0 saturated carbocycles. The number of hydrogen-bond acceptors (Lipinski definition) is 6. The predicted octanol–water partition coefficient (Wildman–Crippen LogP) is 2.73. The second kappa shape index (κ2) is 8.28. The Morgan fingerprint density at radius 3 is 2.56 bits per heavy atom. The number of rotatable bonds is 3. The molecule has 1 aliphatic rings. The second-order valence-corrected chi connectivity index (χ2v) is 6.30. The van der Waals surface area contributed by atoms with Crippen molar-refractivity contribution in [2.45, 2.75) is 31.7 Å². The average molecular weight is 405 g/mol. The molecule has 3 rings (SSSR count). The number of aliphatic hydroxyl groups excluding tert-OH is 1. The van der Waals surface area contributed by atoms with E-state index in [1.165, 1.54) is 6.07 Å². The second-order valence-electron chi connectivity index (χ2n) is 6.30. The van der Waals surface area contributed by atoms with Crippen molar-refractivity contribution in [2.75, 3.05) is 18.4 Å². The highest BCUT2D eigenvalue weighted by Crippen LogP contribution is 2.36. The third kappa shape index (κ3) is 4.79. The Morgan fingerprint density at radius 1 is 1.22 bits per heavy atom. The van der Waals surface area contributed by atoms with Crippen LogP contribution in [0.1, 0.15) is 17.5 Å². The van der Waals surface area contributed by atoms with E-state index in [2.05, 4.69) is 20.8 Å². The lowest BCUT2D eigenvalue weighted by Gasteiger charge is -2.29. The number of nitrogens with one attached hydrogen (secondary N) is 2. The molecule has 0 amide bonds. The molecule has 1 aromatic heterocycles. The van der Waals surface area contributed by atoms with Gasteiger partial charge in [-0.25, -0.2) is 0 Å². The summed E-state index contributed by atoms with van der Waals surface area (Å²) in [5.74, 6) is -0.0600. The largest absolute Gasteiger partial charge is 0.507 e. The topological polar surface area (TPSA) is 90.3 Å². The maximum absolute atomic E-state index is 12.7. The molecular formula is C17H20ClF3N4O2. The Labute approximate surface area is 160 Å². The van der Waals surface area contributed by atoms with E-state index in [4.69, 9.17) is 0 Å². The van der Waals surface area contributed by atoms with Gasteiger partial charge in [-0.3, -0.25) is 0 Å². The number of piperidine rings is 1. The number of phenolic OH excluding ortho intramolecular Hbond substituents is 1. The van der Waals surface area contributed by atoms with Crippen molar-refractivity contribution in [1.29, 1.82) is 0 Å². The van der Waals surface area contributed by atoms with Crippen molar-refractivity contribution in [1.82, 2.24) is 15.5 Å².